The van der Waals surface area contributed by atoms with Crippen molar-refractivity contribution in [2.24, 2.45) is 12.8 Å². The molecule has 0 saturated heterocycles. The van der Waals surface area contributed by atoms with Gasteiger partial charge in [-0.15, -0.1) is 0 Å². The number of nitrogens with zero attached hydrogens (tertiary/aromatic N) is 1. The molecule has 1 aliphatic carbocycles. The van der Waals surface area contributed by atoms with Crippen LogP contribution in [0.25, 0.3) is 10.9 Å². The second kappa shape index (κ2) is 3.61. The third-order valence-corrected chi connectivity index (χ3v) is 4.13. The molecule has 1 aromatic carbocycles. The van der Waals surface area contributed by atoms with Gasteiger partial charge in [-0.1, -0.05) is 18.2 Å². The average molecular weight is 228 g/mol. The van der Waals surface area contributed by atoms with Crippen LogP contribution in [0.3, 0.4) is 0 Å². The molecule has 1 aromatic heterocycles. The molecular weight excluding hydrogens is 208 g/mol. The first-order valence-corrected chi connectivity index (χ1v) is 6.42. The van der Waals surface area contributed by atoms with Crippen molar-refractivity contribution in [1.82, 2.24) is 4.57 Å². The maximum atomic E-state index is 6.16. The molecular formula is C15H20N2. The fourth-order valence-corrected chi connectivity index (χ4v) is 2.70. The monoisotopic (exact) mass is 228 g/mol. The lowest BCUT2D eigenvalue weighted by atomic mass is 10.1. The molecule has 1 heterocycles. The lowest BCUT2D eigenvalue weighted by Gasteiger charge is -2.09. The van der Waals surface area contributed by atoms with Gasteiger partial charge >= 0.3 is 0 Å². The van der Waals surface area contributed by atoms with E-state index in [4.69, 9.17) is 5.73 Å². The first kappa shape index (κ1) is 10.8. The largest absolute Gasteiger partial charge is 0.347 e. The Morgan fingerprint density at radius 2 is 2.12 bits per heavy atom. The highest BCUT2D eigenvalue weighted by Gasteiger charge is 2.37. The van der Waals surface area contributed by atoms with Crippen LogP contribution in [-0.4, -0.2) is 10.1 Å². The van der Waals surface area contributed by atoms with Crippen LogP contribution in [0.4, 0.5) is 0 Å². The zero-order chi connectivity index (χ0) is 12.0. The van der Waals surface area contributed by atoms with Gasteiger partial charge in [0.25, 0.3) is 0 Å². The fourth-order valence-electron chi connectivity index (χ4n) is 2.70. The normalized spacial score (nSPS) is 17.6. The van der Waals surface area contributed by atoms with E-state index in [-0.39, 0.29) is 5.54 Å². The Labute approximate surface area is 102 Å². The molecule has 0 bridgehead atoms. The lowest BCUT2D eigenvalue weighted by molar-refractivity contribution is 0.595. The first-order chi connectivity index (χ1) is 8.09. The van der Waals surface area contributed by atoms with E-state index in [9.17, 15) is 0 Å². The molecule has 90 valence electrons. The Hall–Kier alpha value is -1.28. The van der Waals surface area contributed by atoms with Crippen LogP contribution in [0.15, 0.2) is 24.3 Å². The van der Waals surface area contributed by atoms with Gasteiger partial charge in [0, 0.05) is 23.7 Å². The zero-order valence-electron chi connectivity index (χ0n) is 10.7. The minimum atomic E-state index is 0.158. The average Bonchev–Trinajstić information content (AvgIpc) is 2.93. The predicted molar refractivity (Wildman–Crippen MR) is 72.1 cm³/mol. The molecule has 1 aliphatic rings. The Morgan fingerprint density at radius 1 is 1.35 bits per heavy atom. The molecule has 2 nitrogen and oxygen atoms in total. The van der Waals surface area contributed by atoms with Gasteiger partial charge in [0.2, 0.25) is 0 Å². The maximum absolute atomic E-state index is 6.16. The van der Waals surface area contributed by atoms with Crippen molar-refractivity contribution >= 4 is 10.9 Å². The quantitative estimate of drug-likeness (QED) is 0.860. The molecule has 0 radical (unpaired) electrons. The van der Waals surface area contributed by atoms with E-state index in [1.54, 1.807) is 0 Å². The van der Waals surface area contributed by atoms with Crippen molar-refractivity contribution in [1.29, 1.82) is 0 Å². The highest BCUT2D eigenvalue weighted by molar-refractivity contribution is 5.84. The summed E-state index contributed by atoms with van der Waals surface area (Å²) in [5.41, 5.74) is 10.4. The van der Waals surface area contributed by atoms with Crippen LogP contribution in [0.2, 0.25) is 0 Å². The Kier molecular flexibility index (Phi) is 2.30. The highest BCUT2D eigenvalue weighted by atomic mass is 14.9. The number of hydrogen-bond donors (Lipinski definition) is 1. The minimum absolute atomic E-state index is 0.158. The Morgan fingerprint density at radius 3 is 2.76 bits per heavy atom. The van der Waals surface area contributed by atoms with Gasteiger partial charge in [0.15, 0.2) is 0 Å². The number of aromatic nitrogens is 1. The number of para-hydroxylation sites is 1. The van der Waals surface area contributed by atoms with Crippen molar-refractivity contribution < 1.29 is 0 Å². The predicted octanol–water partition coefficient (Wildman–Crippen LogP) is 2.91. The van der Waals surface area contributed by atoms with Crippen molar-refractivity contribution in [3.05, 3.63) is 35.5 Å². The van der Waals surface area contributed by atoms with Crippen molar-refractivity contribution in [3.63, 3.8) is 0 Å². The van der Waals surface area contributed by atoms with Gasteiger partial charge in [-0.25, -0.2) is 0 Å². The Bertz CT molecular complexity index is 562. The third kappa shape index (κ3) is 1.87. The standard InChI is InChI=1S/C15H20N2/c1-11-4-3-5-12-10-13(17(2)14(11)12)6-7-15(16)8-9-15/h3-5,10H,6-9,16H2,1-2H3. The molecule has 1 saturated carbocycles. The summed E-state index contributed by atoms with van der Waals surface area (Å²) in [4.78, 5) is 0. The number of aryl methyl sites for hydroxylation is 3. The molecule has 2 N–H and O–H groups in total. The van der Waals surface area contributed by atoms with Crippen LogP contribution < -0.4 is 5.73 Å². The van der Waals surface area contributed by atoms with Gasteiger partial charge in [-0.3, -0.25) is 0 Å². The number of fused-ring (bicyclic) bond motifs is 1. The summed E-state index contributed by atoms with van der Waals surface area (Å²) in [5.74, 6) is 0. The Balaban J connectivity index is 1.94. The van der Waals surface area contributed by atoms with E-state index >= 15 is 0 Å². The second-order valence-electron chi connectivity index (χ2n) is 5.57. The molecule has 2 heteroatoms. The van der Waals surface area contributed by atoms with Gasteiger partial charge in [-0.05, 0) is 44.2 Å². The van der Waals surface area contributed by atoms with E-state index in [1.165, 1.54) is 35.0 Å². The van der Waals surface area contributed by atoms with Crippen molar-refractivity contribution in [2.45, 2.75) is 38.1 Å². The van der Waals surface area contributed by atoms with Gasteiger partial charge in [0.1, 0.15) is 0 Å². The van der Waals surface area contributed by atoms with Crippen LogP contribution in [0.1, 0.15) is 30.5 Å². The topological polar surface area (TPSA) is 30.9 Å². The maximum Gasteiger partial charge on any atom is 0.0509 e. The molecule has 1 fully saturated rings. The van der Waals surface area contributed by atoms with Gasteiger partial charge in [0.05, 0.1) is 5.52 Å². The highest BCUT2D eigenvalue weighted by Crippen LogP contribution is 2.37. The van der Waals surface area contributed by atoms with E-state index < -0.39 is 0 Å². The molecule has 2 aromatic rings. The van der Waals surface area contributed by atoms with Crippen LogP contribution in [0.5, 0.6) is 0 Å². The molecule has 0 unspecified atom stereocenters. The minimum Gasteiger partial charge on any atom is -0.347 e. The summed E-state index contributed by atoms with van der Waals surface area (Å²) in [7, 11) is 2.17. The zero-order valence-corrected chi connectivity index (χ0v) is 10.7. The number of rotatable bonds is 3. The summed E-state index contributed by atoms with van der Waals surface area (Å²) in [5, 5.41) is 1.35. The summed E-state index contributed by atoms with van der Waals surface area (Å²) < 4.78 is 2.33. The summed E-state index contributed by atoms with van der Waals surface area (Å²) in [6.07, 6.45) is 4.63. The van der Waals surface area contributed by atoms with Crippen molar-refractivity contribution in [2.75, 3.05) is 0 Å². The lowest BCUT2D eigenvalue weighted by Crippen LogP contribution is -2.22. The van der Waals surface area contributed by atoms with Gasteiger partial charge in [-0.2, -0.15) is 0 Å². The van der Waals surface area contributed by atoms with E-state index in [2.05, 4.69) is 42.8 Å². The molecule has 17 heavy (non-hydrogen) atoms. The van der Waals surface area contributed by atoms with Crippen molar-refractivity contribution in [3.8, 4) is 0 Å². The van der Waals surface area contributed by atoms with Crippen LogP contribution in [0, 0.1) is 6.92 Å². The number of benzene rings is 1. The van der Waals surface area contributed by atoms with E-state index in [1.807, 2.05) is 0 Å². The van der Waals surface area contributed by atoms with Gasteiger partial charge < -0.3 is 10.3 Å². The molecule has 0 spiro atoms. The van der Waals surface area contributed by atoms with Crippen LogP contribution >= 0.6 is 0 Å². The number of nitrogens with two attached hydrogens (primary N) is 1. The first-order valence-electron chi connectivity index (χ1n) is 6.42. The second-order valence-corrected chi connectivity index (χ2v) is 5.57. The molecule has 0 aliphatic heterocycles. The summed E-state index contributed by atoms with van der Waals surface area (Å²) in [6.45, 7) is 2.18. The van der Waals surface area contributed by atoms with E-state index in [0.29, 0.717) is 0 Å². The summed E-state index contributed by atoms with van der Waals surface area (Å²) >= 11 is 0. The SMILES string of the molecule is Cc1cccc2cc(CCC3(N)CC3)n(C)c12. The molecule has 0 amide bonds. The third-order valence-electron chi connectivity index (χ3n) is 4.13. The van der Waals surface area contributed by atoms with E-state index in [0.717, 1.165) is 12.8 Å². The molecule has 3 rings (SSSR count). The van der Waals surface area contributed by atoms with Crippen LogP contribution in [-0.2, 0) is 13.5 Å². The smallest absolute Gasteiger partial charge is 0.0509 e. The summed E-state index contributed by atoms with van der Waals surface area (Å²) in [6, 6.07) is 8.82. The fraction of sp³-hybridized carbons (Fsp3) is 0.467. The molecule has 0 atom stereocenters. The number of hydrogen-bond acceptors (Lipinski definition) is 1.